The summed E-state index contributed by atoms with van der Waals surface area (Å²) in [7, 11) is -3.24. The van der Waals surface area contributed by atoms with E-state index in [0.29, 0.717) is 12.4 Å². The van der Waals surface area contributed by atoms with Gasteiger partial charge in [0.2, 0.25) is 11.7 Å². The van der Waals surface area contributed by atoms with Gasteiger partial charge in [-0.3, -0.25) is 0 Å². The zero-order valence-corrected chi connectivity index (χ0v) is 13.4. The van der Waals surface area contributed by atoms with Crippen molar-refractivity contribution < 1.29 is 12.9 Å². The van der Waals surface area contributed by atoms with Gasteiger partial charge in [0.1, 0.15) is 5.75 Å². The monoisotopic (exact) mass is 331 g/mol. The van der Waals surface area contributed by atoms with Gasteiger partial charge in [-0.15, -0.1) is 12.4 Å². The minimum Gasteiger partial charge on any atom is -0.338 e. The molecule has 0 bridgehead atoms. The Morgan fingerprint density at radius 2 is 1.86 bits per heavy atom. The molecule has 0 saturated carbocycles. The Kier molecular flexibility index (Phi) is 5.88. The molecule has 0 unspecified atom stereocenters. The van der Waals surface area contributed by atoms with Gasteiger partial charge in [-0.2, -0.15) is 4.98 Å². The molecule has 0 amide bonds. The van der Waals surface area contributed by atoms with Crippen LogP contribution in [-0.4, -0.2) is 23.8 Å². The predicted molar refractivity (Wildman–Crippen MR) is 82.6 cm³/mol. The van der Waals surface area contributed by atoms with Crippen LogP contribution in [0.3, 0.4) is 0 Å². The number of hydrogen-bond donors (Lipinski definition) is 1. The zero-order chi connectivity index (χ0) is 14.8. The molecule has 0 fully saturated rings. The number of rotatable bonds is 5. The van der Waals surface area contributed by atoms with Gasteiger partial charge in [-0.05, 0) is 19.4 Å². The van der Waals surface area contributed by atoms with Crippen LogP contribution in [0.2, 0.25) is 0 Å². The van der Waals surface area contributed by atoms with Crippen LogP contribution in [0.15, 0.2) is 28.8 Å². The Morgan fingerprint density at radius 3 is 2.38 bits per heavy atom. The summed E-state index contributed by atoms with van der Waals surface area (Å²) in [6.45, 7) is 3.71. The molecule has 1 aromatic heterocycles. The maximum Gasteiger partial charge on any atom is 0.242 e. The number of sulfone groups is 1. The summed E-state index contributed by atoms with van der Waals surface area (Å²) in [4.78, 5) is 4.12. The molecule has 116 valence electrons. The van der Waals surface area contributed by atoms with Crippen molar-refractivity contribution >= 4 is 22.2 Å². The Balaban J connectivity index is 0.00000220. The molecule has 2 rings (SSSR count). The normalized spacial score (nSPS) is 11.4. The lowest BCUT2D eigenvalue weighted by Crippen LogP contribution is -2.16. The molecule has 0 aliphatic carbocycles. The molecule has 0 saturated heterocycles. The number of nitrogens with two attached hydrogens (primary N) is 1. The van der Waals surface area contributed by atoms with Crippen molar-refractivity contribution in [1.29, 1.82) is 0 Å². The fraction of sp³-hybridized carbons (Fsp3) is 0.385. The van der Waals surface area contributed by atoms with Gasteiger partial charge in [0.05, 0.1) is 5.25 Å². The van der Waals surface area contributed by atoms with Crippen molar-refractivity contribution in [2.24, 2.45) is 5.73 Å². The van der Waals surface area contributed by atoms with Crippen LogP contribution < -0.4 is 5.73 Å². The lowest BCUT2D eigenvalue weighted by molar-refractivity contribution is 0.389. The number of halogens is 1. The average Bonchev–Trinajstić information content (AvgIpc) is 2.86. The highest BCUT2D eigenvalue weighted by Gasteiger charge is 2.21. The summed E-state index contributed by atoms with van der Waals surface area (Å²) in [6, 6.07) is 7.40. The van der Waals surface area contributed by atoms with Gasteiger partial charge in [-0.25, -0.2) is 8.42 Å². The molecule has 0 aliphatic rings. The lowest BCUT2D eigenvalue weighted by atomic mass is 10.1. The molecular formula is C13H18ClN3O3S. The Hall–Kier alpha value is -1.44. The first kappa shape index (κ1) is 17.6. The van der Waals surface area contributed by atoms with Crippen molar-refractivity contribution in [3.05, 3.63) is 35.7 Å². The summed E-state index contributed by atoms with van der Waals surface area (Å²) in [5, 5.41) is 3.33. The zero-order valence-electron chi connectivity index (χ0n) is 11.8. The predicted octanol–water partition coefficient (Wildman–Crippen LogP) is 1.94. The quantitative estimate of drug-likeness (QED) is 0.898. The number of aromatic nitrogens is 2. The molecule has 0 spiro atoms. The van der Waals surface area contributed by atoms with Gasteiger partial charge >= 0.3 is 0 Å². The Morgan fingerprint density at radius 1 is 1.24 bits per heavy atom. The minimum absolute atomic E-state index is 0. The Labute approximate surface area is 130 Å². The summed E-state index contributed by atoms with van der Waals surface area (Å²) >= 11 is 0. The van der Waals surface area contributed by atoms with Crippen LogP contribution in [0.5, 0.6) is 0 Å². The highest BCUT2D eigenvalue weighted by Crippen LogP contribution is 2.18. The third-order valence-electron chi connectivity index (χ3n) is 2.96. The smallest absolute Gasteiger partial charge is 0.242 e. The number of nitrogens with zero attached hydrogens (tertiary/aromatic N) is 2. The van der Waals surface area contributed by atoms with Crippen molar-refractivity contribution in [3.63, 3.8) is 0 Å². The number of benzene rings is 1. The summed E-state index contributed by atoms with van der Waals surface area (Å²) in [6.07, 6.45) is 0. The van der Waals surface area contributed by atoms with Crippen LogP contribution in [0, 0.1) is 0 Å². The van der Waals surface area contributed by atoms with Crippen LogP contribution in [0.1, 0.15) is 25.3 Å². The largest absolute Gasteiger partial charge is 0.338 e. The fourth-order valence-corrected chi connectivity index (χ4v) is 2.35. The molecule has 6 nitrogen and oxygen atoms in total. The Bertz CT molecular complexity index is 681. The average molecular weight is 332 g/mol. The molecule has 2 aromatic rings. The highest BCUT2D eigenvalue weighted by atomic mass is 35.5. The summed E-state index contributed by atoms with van der Waals surface area (Å²) in [5.41, 5.74) is 7.29. The lowest BCUT2D eigenvalue weighted by Gasteiger charge is -2.03. The van der Waals surface area contributed by atoms with Gasteiger partial charge < -0.3 is 10.3 Å². The SMILES string of the molecule is CC(C)S(=O)(=O)Cc1nc(-c2ccc(CN)cc2)no1.Cl. The van der Waals surface area contributed by atoms with Crippen LogP contribution in [0.25, 0.3) is 11.4 Å². The highest BCUT2D eigenvalue weighted by molar-refractivity contribution is 7.91. The molecular weight excluding hydrogens is 314 g/mol. The first-order chi connectivity index (χ1) is 9.42. The van der Waals surface area contributed by atoms with E-state index in [1.807, 2.05) is 24.3 Å². The molecule has 0 aliphatic heterocycles. The van der Waals surface area contributed by atoms with Crippen LogP contribution >= 0.6 is 12.4 Å². The van der Waals surface area contributed by atoms with E-state index in [4.69, 9.17) is 10.3 Å². The van der Waals surface area contributed by atoms with Crippen molar-refractivity contribution in [1.82, 2.24) is 10.1 Å². The van der Waals surface area contributed by atoms with E-state index in [2.05, 4.69) is 10.1 Å². The summed E-state index contributed by atoms with van der Waals surface area (Å²) < 4.78 is 28.6. The van der Waals surface area contributed by atoms with Gasteiger partial charge in [0.15, 0.2) is 9.84 Å². The second-order valence-corrected chi connectivity index (χ2v) is 7.33. The van der Waals surface area contributed by atoms with Gasteiger partial charge in [0.25, 0.3) is 0 Å². The van der Waals surface area contributed by atoms with Crippen LogP contribution in [0.4, 0.5) is 0 Å². The maximum absolute atomic E-state index is 11.8. The van der Waals surface area contributed by atoms with Crippen molar-refractivity contribution in [2.75, 3.05) is 0 Å². The maximum atomic E-state index is 11.8. The minimum atomic E-state index is -3.24. The van der Waals surface area contributed by atoms with E-state index < -0.39 is 15.1 Å². The van der Waals surface area contributed by atoms with E-state index >= 15 is 0 Å². The molecule has 2 N–H and O–H groups in total. The van der Waals surface area contributed by atoms with Crippen molar-refractivity contribution in [3.8, 4) is 11.4 Å². The van der Waals surface area contributed by atoms with Crippen molar-refractivity contribution in [2.45, 2.75) is 31.4 Å². The van der Waals surface area contributed by atoms with E-state index in [-0.39, 0.29) is 24.1 Å². The molecule has 8 heteroatoms. The third-order valence-corrected chi connectivity index (χ3v) is 5.04. The second-order valence-electron chi connectivity index (χ2n) is 4.77. The number of hydrogen-bond acceptors (Lipinski definition) is 6. The molecule has 1 aromatic carbocycles. The van der Waals surface area contributed by atoms with E-state index in [1.165, 1.54) is 0 Å². The van der Waals surface area contributed by atoms with Gasteiger partial charge in [0, 0.05) is 12.1 Å². The molecule has 0 atom stereocenters. The van der Waals surface area contributed by atoms with Gasteiger partial charge in [-0.1, -0.05) is 29.4 Å². The van der Waals surface area contributed by atoms with E-state index in [9.17, 15) is 8.42 Å². The fourth-order valence-electron chi connectivity index (χ4n) is 1.56. The topological polar surface area (TPSA) is 99.1 Å². The second kappa shape index (κ2) is 7.02. The first-order valence-corrected chi connectivity index (χ1v) is 7.97. The molecule has 0 radical (unpaired) electrons. The standard InChI is InChI=1S/C13H17N3O3S.ClH/c1-9(2)20(17,18)8-12-15-13(16-19-12)11-5-3-10(7-14)4-6-11;/h3-6,9H,7-8,14H2,1-2H3;1H. The van der Waals surface area contributed by atoms with E-state index in [0.717, 1.165) is 11.1 Å². The third kappa shape index (κ3) is 4.26. The van der Waals surface area contributed by atoms with Crippen LogP contribution in [-0.2, 0) is 22.1 Å². The summed E-state index contributed by atoms with van der Waals surface area (Å²) in [5.74, 6) is 0.248. The molecule has 1 heterocycles. The molecule has 21 heavy (non-hydrogen) atoms. The van der Waals surface area contributed by atoms with E-state index in [1.54, 1.807) is 13.8 Å². The first-order valence-electron chi connectivity index (χ1n) is 6.26.